The number of amides is 1. The van der Waals surface area contributed by atoms with E-state index in [2.05, 4.69) is 15.3 Å². The minimum Gasteiger partial charge on any atom is -0.477 e. The van der Waals surface area contributed by atoms with Gasteiger partial charge in [-0.25, -0.2) is 14.8 Å². The minimum absolute atomic E-state index is 0.0292. The van der Waals surface area contributed by atoms with Crippen molar-refractivity contribution in [1.29, 1.82) is 5.41 Å². The first kappa shape index (κ1) is 22.4. The van der Waals surface area contributed by atoms with E-state index in [0.29, 0.717) is 43.2 Å². The number of carboxylic acid groups (broad SMARTS) is 1. The van der Waals surface area contributed by atoms with Gasteiger partial charge < -0.3 is 25.5 Å². The monoisotopic (exact) mass is 453 g/mol. The lowest BCUT2D eigenvalue weighted by Gasteiger charge is -2.38. The number of aromatic carboxylic acids is 1. The van der Waals surface area contributed by atoms with Crippen molar-refractivity contribution in [3.8, 4) is 0 Å². The third-order valence-electron chi connectivity index (χ3n) is 5.17. The number of methoxy groups -OCH3 is 1. The summed E-state index contributed by atoms with van der Waals surface area (Å²) in [7, 11) is 1.57. The van der Waals surface area contributed by atoms with Crippen molar-refractivity contribution in [3.05, 3.63) is 21.3 Å². The summed E-state index contributed by atoms with van der Waals surface area (Å²) in [5.41, 5.74) is 1.50. The van der Waals surface area contributed by atoms with E-state index in [0.717, 1.165) is 16.9 Å². The van der Waals surface area contributed by atoms with Crippen molar-refractivity contribution in [2.45, 2.75) is 45.3 Å². The molecule has 2 atom stereocenters. The van der Waals surface area contributed by atoms with Gasteiger partial charge in [0.1, 0.15) is 10.0 Å². The van der Waals surface area contributed by atoms with Crippen molar-refractivity contribution in [2.75, 3.05) is 25.1 Å². The van der Waals surface area contributed by atoms with E-state index in [1.807, 2.05) is 11.8 Å². The van der Waals surface area contributed by atoms with E-state index < -0.39 is 11.9 Å². The van der Waals surface area contributed by atoms with Crippen molar-refractivity contribution in [2.24, 2.45) is 4.99 Å². The number of aromatic nitrogens is 1. The molecule has 1 saturated heterocycles. The predicted molar refractivity (Wildman–Crippen MR) is 116 cm³/mol. The quantitative estimate of drug-likeness (QED) is 0.567. The number of carbonyl (C=O) groups is 2. The van der Waals surface area contributed by atoms with Crippen LogP contribution in [0.2, 0.25) is 0 Å². The highest BCUT2D eigenvalue weighted by Gasteiger charge is 2.34. The number of rotatable bonds is 6. The van der Waals surface area contributed by atoms with Crippen LogP contribution in [0.25, 0.3) is 0 Å². The van der Waals surface area contributed by atoms with Crippen LogP contribution in [-0.2, 0) is 16.0 Å². The number of nitrogens with one attached hydrogen (secondary N) is 2. The molecule has 1 aromatic rings. The first-order valence-electron chi connectivity index (χ1n) is 9.58. The molecule has 3 rings (SSSR count). The number of ether oxygens (including phenoxy) is 1. The Morgan fingerprint density at radius 3 is 2.80 bits per heavy atom. The number of thiazole rings is 1. The lowest BCUT2D eigenvalue weighted by Crippen LogP contribution is -2.56. The Bertz CT molecular complexity index is 941. The SMILES string of the molecule is CCc1nc(N2CCC(NC(=O)C3=NC(Cl)=C(C)CC3=N)[C@@H](OC)C2)sc1C(=O)O. The number of carbonyl (C=O) groups excluding carboxylic acids is 1. The Kier molecular flexibility index (Phi) is 6.89. The molecular weight excluding hydrogens is 430 g/mol. The predicted octanol–water partition coefficient (Wildman–Crippen LogP) is 2.45. The molecular formula is C19H24ClN5O4S. The molecule has 1 fully saturated rings. The summed E-state index contributed by atoms with van der Waals surface area (Å²) in [5, 5.41) is 21.2. The molecule has 9 nitrogen and oxygen atoms in total. The number of hydrogen-bond acceptors (Lipinski definition) is 8. The number of allylic oxidation sites excluding steroid dienone is 1. The van der Waals surface area contributed by atoms with Crippen molar-refractivity contribution >= 4 is 51.4 Å². The van der Waals surface area contributed by atoms with Crippen LogP contribution in [0.3, 0.4) is 0 Å². The average molecular weight is 454 g/mol. The Labute approximate surface area is 183 Å². The molecule has 0 aliphatic carbocycles. The number of hydrogen-bond donors (Lipinski definition) is 3. The van der Waals surface area contributed by atoms with Gasteiger partial charge in [0.2, 0.25) is 0 Å². The van der Waals surface area contributed by atoms with Crippen LogP contribution >= 0.6 is 22.9 Å². The van der Waals surface area contributed by atoms with E-state index in [9.17, 15) is 14.7 Å². The standard InChI is InChI=1S/C19H24ClN5O4S/c1-4-11-15(18(27)28)30-19(23-11)25-6-5-12(13(8-25)29-3)22-17(26)14-10(21)7-9(2)16(20)24-14/h12-13,21H,4-8H2,1-3H3,(H,22,26)(H,27,28)/t12?,13-/m0/s1. The largest absolute Gasteiger partial charge is 0.477 e. The fourth-order valence-electron chi connectivity index (χ4n) is 3.48. The molecule has 1 aromatic heterocycles. The highest BCUT2D eigenvalue weighted by atomic mass is 35.5. The summed E-state index contributed by atoms with van der Waals surface area (Å²) < 4.78 is 5.59. The molecule has 3 heterocycles. The fraction of sp³-hybridized carbons (Fsp3) is 0.526. The van der Waals surface area contributed by atoms with Gasteiger partial charge in [-0.1, -0.05) is 29.9 Å². The maximum Gasteiger partial charge on any atom is 0.347 e. The van der Waals surface area contributed by atoms with Gasteiger partial charge in [0.25, 0.3) is 5.91 Å². The van der Waals surface area contributed by atoms with Gasteiger partial charge in [-0.3, -0.25) is 4.79 Å². The van der Waals surface area contributed by atoms with Gasteiger partial charge in [0.05, 0.1) is 23.6 Å². The molecule has 11 heteroatoms. The Hall–Kier alpha value is -2.30. The second-order valence-corrected chi connectivity index (χ2v) is 8.54. The van der Waals surface area contributed by atoms with Gasteiger partial charge in [0, 0.05) is 26.6 Å². The number of carboxylic acids is 1. The van der Waals surface area contributed by atoms with Gasteiger partial charge in [-0.05, 0) is 25.3 Å². The minimum atomic E-state index is -0.973. The second-order valence-electron chi connectivity index (χ2n) is 7.21. The molecule has 1 amide bonds. The summed E-state index contributed by atoms with van der Waals surface area (Å²) in [5.74, 6) is -1.42. The molecule has 0 saturated carbocycles. The number of anilines is 1. The van der Waals surface area contributed by atoms with Crippen LogP contribution in [0.1, 0.15) is 42.1 Å². The molecule has 30 heavy (non-hydrogen) atoms. The molecule has 0 bridgehead atoms. The number of halogens is 1. The summed E-state index contributed by atoms with van der Waals surface area (Å²) >= 11 is 7.20. The Morgan fingerprint density at radius 1 is 1.47 bits per heavy atom. The molecule has 0 spiro atoms. The van der Waals surface area contributed by atoms with Crippen molar-refractivity contribution < 1.29 is 19.4 Å². The topological polar surface area (TPSA) is 128 Å². The fourth-order valence-corrected chi connectivity index (χ4v) is 4.66. The molecule has 1 unspecified atom stereocenters. The second kappa shape index (κ2) is 9.23. The Morgan fingerprint density at radius 2 is 2.20 bits per heavy atom. The number of nitrogens with zero attached hydrogens (tertiary/aromatic N) is 3. The van der Waals surface area contributed by atoms with Crippen molar-refractivity contribution in [1.82, 2.24) is 10.3 Å². The van der Waals surface area contributed by atoms with E-state index in [-0.39, 0.29) is 33.6 Å². The summed E-state index contributed by atoms with van der Waals surface area (Å²) in [4.78, 5) is 34.9. The number of piperidine rings is 1. The van der Waals surface area contributed by atoms with E-state index in [4.69, 9.17) is 21.7 Å². The summed E-state index contributed by atoms with van der Waals surface area (Å²) in [6.45, 7) is 4.70. The van der Waals surface area contributed by atoms with E-state index in [1.54, 1.807) is 14.0 Å². The normalized spacial score (nSPS) is 22.2. The zero-order chi connectivity index (χ0) is 22.0. The molecule has 162 valence electrons. The van der Waals surface area contributed by atoms with Gasteiger partial charge in [0.15, 0.2) is 10.8 Å². The highest BCUT2D eigenvalue weighted by molar-refractivity contribution is 7.17. The average Bonchev–Trinajstić information content (AvgIpc) is 3.15. The molecule has 3 N–H and O–H groups in total. The Balaban J connectivity index is 1.71. The maximum atomic E-state index is 12.7. The van der Waals surface area contributed by atoms with Crippen LogP contribution < -0.4 is 10.2 Å². The molecule has 0 radical (unpaired) electrons. The van der Waals surface area contributed by atoms with Crippen LogP contribution in [0, 0.1) is 5.41 Å². The lowest BCUT2D eigenvalue weighted by molar-refractivity contribution is -0.116. The van der Waals surface area contributed by atoms with Gasteiger partial charge in [-0.15, -0.1) is 0 Å². The zero-order valence-corrected chi connectivity index (χ0v) is 18.6. The first-order chi connectivity index (χ1) is 14.2. The van der Waals surface area contributed by atoms with Crippen LogP contribution in [0.15, 0.2) is 15.7 Å². The maximum absolute atomic E-state index is 12.7. The summed E-state index contributed by atoms with van der Waals surface area (Å²) in [6, 6.07) is -0.274. The smallest absolute Gasteiger partial charge is 0.347 e. The van der Waals surface area contributed by atoms with Crippen LogP contribution in [0.5, 0.6) is 0 Å². The highest BCUT2D eigenvalue weighted by Crippen LogP contribution is 2.30. The summed E-state index contributed by atoms with van der Waals surface area (Å²) in [6.07, 6.45) is 1.10. The molecule has 0 aromatic carbocycles. The van der Waals surface area contributed by atoms with Crippen molar-refractivity contribution in [3.63, 3.8) is 0 Å². The zero-order valence-electron chi connectivity index (χ0n) is 17.0. The van der Waals surface area contributed by atoms with Gasteiger partial charge >= 0.3 is 5.97 Å². The van der Waals surface area contributed by atoms with Gasteiger partial charge in [-0.2, -0.15) is 0 Å². The molecule has 2 aliphatic heterocycles. The lowest BCUT2D eigenvalue weighted by atomic mass is 10.00. The number of aryl methyl sites for hydroxylation is 1. The van der Waals surface area contributed by atoms with E-state index in [1.165, 1.54) is 0 Å². The van der Waals surface area contributed by atoms with E-state index >= 15 is 0 Å². The first-order valence-corrected chi connectivity index (χ1v) is 10.8. The molecule has 2 aliphatic rings. The third kappa shape index (κ3) is 4.55. The third-order valence-corrected chi connectivity index (χ3v) is 6.72. The van der Waals surface area contributed by atoms with Crippen LogP contribution in [-0.4, -0.2) is 65.7 Å². The number of aliphatic imine (C=N–C) groups is 1. The van der Waals surface area contributed by atoms with Crippen LogP contribution in [0.4, 0.5) is 5.13 Å².